The minimum atomic E-state index is -1.61. The molecule has 1 atom stereocenters. The lowest BCUT2D eigenvalue weighted by atomic mass is 9.70. The average molecular weight is 491 g/mol. The van der Waals surface area contributed by atoms with Crippen molar-refractivity contribution in [1.82, 2.24) is 5.32 Å². The molecule has 0 bridgehead atoms. The first-order valence-electron chi connectivity index (χ1n) is 11.3. The number of carbonyl (C=O) groups excluding carboxylic acids is 4. The van der Waals surface area contributed by atoms with E-state index in [9.17, 15) is 29.4 Å². The van der Waals surface area contributed by atoms with Gasteiger partial charge in [0.1, 0.15) is 34.0 Å². The Labute approximate surface area is 207 Å². The van der Waals surface area contributed by atoms with Crippen LogP contribution in [0.25, 0.3) is 0 Å². The molecule has 0 spiro atoms. The van der Waals surface area contributed by atoms with Gasteiger partial charge in [-0.25, -0.2) is 0 Å². The first-order chi connectivity index (χ1) is 16.9. The van der Waals surface area contributed by atoms with E-state index in [0.29, 0.717) is 5.69 Å². The summed E-state index contributed by atoms with van der Waals surface area (Å²) in [6.07, 6.45) is 1.13. The molecule has 0 fully saturated rings. The Bertz CT molecular complexity index is 1410. The van der Waals surface area contributed by atoms with Crippen LogP contribution in [0.1, 0.15) is 42.3 Å². The lowest BCUT2D eigenvalue weighted by molar-refractivity contribution is -0.124. The van der Waals surface area contributed by atoms with Gasteiger partial charge in [0.25, 0.3) is 0 Å². The average Bonchev–Trinajstić information content (AvgIpc) is 3.13. The summed E-state index contributed by atoms with van der Waals surface area (Å²) in [5.41, 5.74) is -1.07. The number of ketones is 3. The zero-order valence-electron chi connectivity index (χ0n) is 20.6. The first-order valence-corrected chi connectivity index (χ1v) is 11.3. The van der Waals surface area contributed by atoms with Crippen LogP contribution >= 0.6 is 0 Å². The molecule has 1 amide bonds. The smallest absolute Gasteiger partial charge is 0.246 e. The van der Waals surface area contributed by atoms with E-state index in [1.165, 1.54) is 32.6 Å². The molecule has 186 valence electrons. The van der Waals surface area contributed by atoms with E-state index in [2.05, 4.69) is 5.32 Å². The Hall–Kier alpha value is -4.40. The molecule has 9 nitrogen and oxygen atoms in total. The predicted molar refractivity (Wildman–Crippen MR) is 131 cm³/mol. The minimum Gasteiger partial charge on any atom is -0.507 e. The number of amides is 1. The highest BCUT2D eigenvalue weighted by Gasteiger charge is 2.56. The molecule has 0 unspecified atom stereocenters. The van der Waals surface area contributed by atoms with Crippen LogP contribution in [-0.2, 0) is 19.8 Å². The van der Waals surface area contributed by atoms with Gasteiger partial charge in [-0.1, -0.05) is 18.2 Å². The van der Waals surface area contributed by atoms with E-state index in [1.807, 2.05) is 6.07 Å². The van der Waals surface area contributed by atoms with E-state index in [-0.39, 0.29) is 51.9 Å². The van der Waals surface area contributed by atoms with Gasteiger partial charge in [0.2, 0.25) is 5.91 Å². The quantitative estimate of drug-likeness (QED) is 0.331. The molecule has 0 saturated heterocycles. The number of phenols is 2. The van der Waals surface area contributed by atoms with Gasteiger partial charge in [0.15, 0.2) is 17.3 Å². The maximum atomic E-state index is 13.8. The summed E-state index contributed by atoms with van der Waals surface area (Å²) < 4.78 is 5.75. The van der Waals surface area contributed by atoms with Crippen molar-refractivity contribution in [2.24, 2.45) is 0 Å². The molecule has 1 heterocycles. The Kier molecular flexibility index (Phi) is 5.95. The van der Waals surface area contributed by atoms with E-state index < -0.39 is 34.3 Å². The molecular formula is C27H26N2O7. The molecule has 2 aliphatic rings. The van der Waals surface area contributed by atoms with Crippen LogP contribution in [0, 0.1) is 6.92 Å². The fraction of sp³-hybridized carbons (Fsp3) is 0.259. The zero-order chi connectivity index (χ0) is 26.5. The van der Waals surface area contributed by atoms with E-state index >= 15 is 0 Å². The second kappa shape index (κ2) is 8.67. The standard InChI is InChI=1S/C27H26N2O7/c1-13-23(33)21(15(3)30)25-22(24(13)34)27(4)18(36-25)11-17(31)20(26(27)35)14(2)28-12-19(32)29(5)16-9-7-6-8-10-16/h6-11,28,33-34H,12H2,1-5H3/b20-14+/t27-/m1/s1. The van der Waals surface area contributed by atoms with Gasteiger partial charge in [0.05, 0.1) is 17.7 Å². The highest BCUT2D eigenvalue weighted by Crippen LogP contribution is 2.57. The van der Waals surface area contributed by atoms with Crippen LogP contribution in [0.2, 0.25) is 0 Å². The maximum absolute atomic E-state index is 13.8. The number of Topliss-reactive ketones (excluding diaryl/α,β-unsaturated/α-hetero) is 2. The summed E-state index contributed by atoms with van der Waals surface area (Å²) in [5, 5.41) is 24.2. The number of para-hydroxylation sites is 1. The van der Waals surface area contributed by atoms with Crippen molar-refractivity contribution in [3.05, 3.63) is 70.1 Å². The lowest BCUT2D eigenvalue weighted by Crippen LogP contribution is -2.42. The van der Waals surface area contributed by atoms with Crippen LogP contribution < -0.4 is 15.0 Å². The third-order valence-electron chi connectivity index (χ3n) is 6.78. The Morgan fingerprint density at radius 2 is 1.72 bits per heavy atom. The number of hydrogen-bond donors (Lipinski definition) is 3. The molecule has 2 aromatic carbocycles. The van der Waals surface area contributed by atoms with Crippen molar-refractivity contribution in [3.63, 3.8) is 0 Å². The SMILES string of the molecule is CC(=O)c1c(O)c(C)c(O)c2c1OC1=CC(=O)/C(=C(/C)NCC(=O)N(C)c3ccccc3)C(=O)[C@]12C. The number of phenolic OH excluding ortho intramolecular Hbond substituents is 2. The van der Waals surface area contributed by atoms with Crippen molar-refractivity contribution >= 4 is 28.9 Å². The summed E-state index contributed by atoms with van der Waals surface area (Å²) in [4.78, 5) is 53.1. The van der Waals surface area contributed by atoms with Crippen LogP contribution in [0.5, 0.6) is 17.2 Å². The third-order valence-corrected chi connectivity index (χ3v) is 6.78. The number of benzene rings is 2. The van der Waals surface area contributed by atoms with E-state index in [1.54, 1.807) is 31.3 Å². The number of nitrogens with one attached hydrogen (secondary N) is 1. The van der Waals surface area contributed by atoms with Gasteiger partial charge in [-0.2, -0.15) is 0 Å². The fourth-order valence-corrected chi connectivity index (χ4v) is 4.57. The van der Waals surface area contributed by atoms with Gasteiger partial charge in [-0.3, -0.25) is 19.2 Å². The molecule has 0 radical (unpaired) electrons. The van der Waals surface area contributed by atoms with Gasteiger partial charge in [-0.15, -0.1) is 0 Å². The Morgan fingerprint density at radius 3 is 2.33 bits per heavy atom. The second-order valence-corrected chi connectivity index (χ2v) is 9.03. The molecule has 1 aliphatic carbocycles. The normalized spacial score (nSPS) is 19.6. The summed E-state index contributed by atoms with van der Waals surface area (Å²) >= 11 is 0. The van der Waals surface area contributed by atoms with Gasteiger partial charge >= 0.3 is 0 Å². The summed E-state index contributed by atoms with van der Waals surface area (Å²) in [6.45, 7) is 5.47. The molecule has 36 heavy (non-hydrogen) atoms. The number of aromatic hydroxyl groups is 2. The van der Waals surface area contributed by atoms with Crippen LogP contribution in [0.3, 0.4) is 0 Å². The summed E-state index contributed by atoms with van der Waals surface area (Å²) in [7, 11) is 1.62. The Morgan fingerprint density at radius 1 is 1.08 bits per heavy atom. The zero-order valence-corrected chi connectivity index (χ0v) is 20.6. The molecule has 3 N–H and O–H groups in total. The monoisotopic (exact) mass is 490 g/mol. The molecule has 0 saturated carbocycles. The van der Waals surface area contributed by atoms with Gasteiger partial charge in [-0.05, 0) is 39.8 Å². The van der Waals surface area contributed by atoms with E-state index in [4.69, 9.17) is 4.74 Å². The van der Waals surface area contributed by atoms with Crippen molar-refractivity contribution in [2.75, 3.05) is 18.5 Å². The number of hydrogen-bond acceptors (Lipinski definition) is 8. The highest BCUT2D eigenvalue weighted by atomic mass is 16.5. The van der Waals surface area contributed by atoms with Crippen LogP contribution in [0.15, 0.2) is 53.4 Å². The molecule has 1 aliphatic heterocycles. The molecule has 9 heteroatoms. The van der Waals surface area contributed by atoms with E-state index in [0.717, 1.165) is 6.08 Å². The maximum Gasteiger partial charge on any atom is 0.246 e. The second-order valence-electron chi connectivity index (χ2n) is 9.03. The number of anilines is 1. The van der Waals surface area contributed by atoms with Crippen LogP contribution in [-0.4, -0.2) is 47.1 Å². The number of ether oxygens (including phenoxy) is 1. The van der Waals surface area contributed by atoms with Crippen LogP contribution in [0.4, 0.5) is 5.69 Å². The van der Waals surface area contributed by atoms with Crippen molar-refractivity contribution < 1.29 is 34.1 Å². The number of likely N-dealkylation sites (N-methyl/N-ethyl adjacent to an activating group) is 1. The molecule has 2 aromatic rings. The highest BCUT2D eigenvalue weighted by molar-refractivity contribution is 6.31. The molecule has 4 rings (SSSR count). The summed E-state index contributed by atoms with van der Waals surface area (Å²) in [6, 6.07) is 9.01. The number of allylic oxidation sites excluding steroid dienone is 4. The largest absolute Gasteiger partial charge is 0.507 e. The Balaban J connectivity index is 1.72. The predicted octanol–water partition coefficient (Wildman–Crippen LogP) is 2.82. The third kappa shape index (κ3) is 3.55. The number of carbonyl (C=O) groups is 4. The number of nitrogens with zero attached hydrogens (tertiary/aromatic N) is 1. The first kappa shape index (κ1) is 24.7. The van der Waals surface area contributed by atoms with Crippen molar-refractivity contribution in [3.8, 4) is 17.2 Å². The number of fused-ring (bicyclic) bond motifs is 3. The van der Waals surface area contributed by atoms with Gasteiger partial charge in [0, 0.05) is 30.1 Å². The van der Waals surface area contributed by atoms with Crippen molar-refractivity contribution in [2.45, 2.75) is 33.1 Å². The molecular weight excluding hydrogens is 464 g/mol. The lowest BCUT2D eigenvalue weighted by Gasteiger charge is -2.29. The fourth-order valence-electron chi connectivity index (χ4n) is 4.57. The minimum absolute atomic E-state index is 0.0111. The van der Waals surface area contributed by atoms with Crippen molar-refractivity contribution in [1.29, 1.82) is 0 Å². The van der Waals surface area contributed by atoms with Gasteiger partial charge < -0.3 is 25.2 Å². The number of rotatable bonds is 5. The topological polar surface area (TPSA) is 133 Å². The summed E-state index contributed by atoms with van der Waals surface area (Å²) in [5.74, 6) is -3.16. The molecule has 0 aromatic heterocycles.